The first-order valence-corrected chi connectivity index (χ1v) is 8.95. The van der Waals surface area contributed by atoms with Crippen LogP contribution >= 0.6 is 0 Å². The van der Waals surface area contributed by atoms with Gasteiger partial charge in [-0.1, -0.05) is 12.1 Å². The number of para-hydroxylation sites is 1. The second kappa shape index (κ2) is 8.35. The fourth-order valence-electron chi connectivity index (χ4n) is 3.06. The van der Waals surface area contributed by atoms with E-state index in [-0.39, 0.29) is 17.7 Å². The van der Waals surface area contributed by atoms with Gasteiger partial charge in [-0.05, 0) is 36.4 Å². The van der Waals surface area contributed by atoms with Crippen LogP contribution in [0.2, 0.25) is 0 Å². The lowest BCUT2D eigenvalue weighted by molar-refractivity contribution is -0.130. The van der Waals surface area contributed by atoms with Crippen molar-refractivity contribution in [1.29, 1.82) is 5.26 Å². The summed E-state index contributed by atoms with van der Waals surface area (Å²) < 4.78 is 0. The molecule has 1 aliphatic heterocycles. The van der Waals surface area contributed by atoms with Crippen molar-refractivity contribution in [2.75, 3.05) is 31.5 Å². The van der Waals surface area contributed by atoms with Crippen molar-refractivity contribution < 1.29 is 14.4 Å². The number of amides is 3. The van der Waals surface area contributed by atoms with Crippen LogP contribution in [-0.4, -0.2) is 53.7 Å². The fraction of sp³-hybridized carbons (Fsp3) is 0.238. The molecule has 3 rings (SSSR count). The first-order valence-electron chi connectivity index (χ1n) is 8.95. The third-order valence-electron chi connectivity index (χ3n) is 4.70. The van der Waals surface area contributed by atoms with E-state index < -0.39 is 0 Å². The van der Waals surface area contributed by atoms with Crippen molar-refractivity contribution in [1.82, 2.24) is 9.80 Å². The van der Waals surface area contributed by atoms with E-state index in [0.29, 0.717) is 48.6 Å². The Kier molecular flexibility index (Phi) is 5.70. The van der Waals surface area contributed by atoms with Crippen LogP contribution in [0.15, 0.2) is 48.5 Å². The van der Waals surface area contributed by atoms with Gasteiger partial charge in [-0.2, -0.15) is 5.26 Å². The van der Waals surface area contributed by atoms with E-state index in [9.17, 15) is 14.4 Å². The Labute approximate surface area is 163 Å². The van der Waals surface area contributed by atoms with Gasteiger partial charge in [-0.25, -0.2) is 0 Å². The zero-order chi connectivity index (χ0) is 20.1. The quantitative estimate of drug-likeness (QED) is 0.888. The number of benzene rings is 2. The normalized spacial score (nSPS) is 13.6. The highest BCUT2D eigenvalue weighted by Crippen LogP contribution is 2.16. The van der Waals surface area contributed by atoms with Crippen LogP contribution < -0.4 is 5.32 Å². The number of nitrogens with one attached hydrogen (secondary N) is 1. The van der Waals surface area contributed by atoms with Gasteiger partial charge in [0.15, 0.2) is 0 Å². The molecule has 3 amide bonds. The third kappa shape index (κ3) is 4.18. The number of nitriles is 1. The number of hydrogen-bond donors (Lipinski definition) is 1. The van der Waals surface area contributed by atoms with Crippen LogP contribution in [0, 0.1) is 11.3 Å². The van der Waals surface area contributed by atoms with Gasteiger partial charge in [0.25, 0.3) is 11.8 Å². The Balaban J connectivity index is 1.65. The molecule has 2 aromatic carbocycles. The molecule has 1 N–H and O–H groups in total. The van der Waals surface area contributed by atoms with Crippen molar-refractivity contribution in [3.8, 4) is 6.07 Å². The maximum absolute atomic E-state index is 12.6. The number of hydrogen-bond acceptors (Lipinski definition) is 4. The zero-order valence-corrected chi connectivity index (χ0v) is 15.5. The van der Waals surface area contributed by atoms with E-state index in [4.69, 9.17) is 5.26 Å². The molecule has 1 fully saturated rings. The van der Waals surface area contributed by atoms with E-state index in [1.54, 1.807) is 58.3 Å². The minimum absolute atomic E-state index is 0.0143. The third-order valence-corrected chi connectivity index (χ3v) is 4.70. The Morgan fingerprint density at radius 1 is 0.893 bits per heavy atom. The van der Waals surface area contributed by atoms with Crippen LogP contribution in [0.1, 0.15) is 33.2 Å². The molecule has 7 nitrogen and oxygen atoms in total. The highest BCUT2D eigenvalue weighted by atomic mass is 16.2. The van der Waals surface area contributed by atoms with Gasteiger partial charge in [-0.15, -0.1) is 0 Å². The number of carbonyl (C=O) groups is 3. The molecule has 0 atom stereocenters. The second-order valence-corrected chi connectivity index (χ2v) is 6.49. The minimum atomic E-state index is -0.350. The summed E-state index contributed by atoms with van der Waals surface area (Å²) in [5.74, 6) is -0.456. The molecular weight excluding hydrogens is 356 g/mol. The smallest absolute Gasteiger partial charge is 0.255 e. The summed E-state index contributed by atoms with van der Waals surface area (Å²) >= 11 is 0. The predicted molar refractivity (Wildman–Crippen MR) is 104 cm³/mol. The SMILES string of the molecule is CC(=O)N1CCN(C(=O)c2ccc(C(=O)Nc3ccccc3C#N)cc2)CC1. The molecule has 7 heteroatoms. The van der Waals surface area contributed by atoms with Gasteiger partial charge in [-0.3, -0.25) is 14.4 Å². The molecule has 1 aliphatic rings. The Hall–Kier alpha value is -3.66. The average molecular weight is 376 g/mol. The maximum atomic E-state index is 12.6. The van der Waals surface area contributed by atoms with Crippen molar-refractivity contribution in [2.45, 2.75) is 6.92 Å². The zero-order valence-electron chi connectivity index (χ0n) is 15.5. The van der Waals surface area contributed by atoms with Crippen LogP contribution in [0.3, 0.4) is 0 Å². The molecule has 28 heavy (non-hydrogen) atoms. The maximum Gasteiger partial charge on any atom is 0.255 e. The second-order valence-electron chi connectivity index (χ2n) is 6.49. The van der Waals surface area contributed by atoms with E-state index >= 15 is 0 Å². The first kappa shape index (κ1) is 19.1. The minimum Gasteiger partial charge on any atom is -0.339 e. The molecular formula is C21H20N4O3. The Bertz CT molecular complexity index is 939. The van der Waals surface area contributed by atoms with Gasteiger partial charge in [0.05, 0.1) is 11.3 Å². The standard InChI is InChI=1S/C21H20N4O3/c1-15(26)24-10-12-25(13-11-24)21(28)17-8-6-16(7-9-17)20(27)23-19-5-3-2-4-18(19)14-22/h2-9H,10-13H2,1H3,(H,23,27). The number of nitrogens with zero attached hydrogens (tertiary/aromatic N) is 3. The van der Waals surface area contributed by atoms with E-state index in [1.165, 1.54) is 6.92 Å². The number of piperazine rings is 1. The molecule has 0 saturated carbocycles. The van der Waals surface area contributed by atoms with E-state index in [2.05, 4.69) is 5.32 Å². The molecule has 0 aliphatic carbocycles. The van der Waals surface area contributed by atoms with Crippen molar-refractivity contribution in [3.63, 3.8) is 0 Å². The van der Waals surface area contributed by atoms with Crippen LogP contribution in [0.5, 0.6) is 0 Å². The molecule has 142 valence electrons. The molecule has 0 spiro atoms. The lowest BCUT2D eigenvalue weighted by Crippen LogP contribution is -2.50. The highest BCUT2D eigenvalue weighted by molar-refractivity contribution is 6.05. The van der Waals surface area contributed by atoms with Gasteiger partial charge < -0.3 is 15.1 Å². The lowest BCUT2D eigenvalue weighted by atomic mass is 10.1. The summed E-state index contributed by atoms with van der Waals surface area (Å²) in [6, 6.07) is 15.2. The van der Waals surface area contributed by atoms with Gasteiger partial charge in [0.2, 0.25) is 5.91 Å². The fourth-order valence-corrected chi connectivity index (χ4v) is 3.06. The molecule has 1 heterocycles. The lowest BCUT2D eigenvalue weighted by Gasteiger charge is -2.34. The summed E-state index contributed by atoms with van der Waals surface area (Å²) in [6.45, 7) is 3.56. The van der Waals surface area contributed by atoms with Crippen LogP contribution in [0.25, 0.3) is 0 Å². The first-order chi connectivity index (χ1) is 13.5. The average Bonchev–Trinajstić information content (AvgIpc) is 2.73. The summed E-state index contributed by atoms with van der Waals surface area (Å²) in [6.07, 6.45) is 0. The largest absolute Gasteiger partial charge is 0.339 e. The Morgan fingerprint density at radius 2 is 1.46 bits per heavy atom. The summed E-state index contributed by atoms with van der Waals surface area (Å²) in [5.41, 5.74) is 1.71. The molecule has 0 radical (unpaired) electrons. The van der Waals surface area contributed by atoms with E-state index in [1.807, 2.05) is 6.07 Å². The van der Waals surface area contributed by atoms with Gasteiger partial charge in [0.1, 0.15) is 6.07 Å². The van der Waals surface area contributed by atoms with E-state index in [0.717, 1.165) is 0 Å². The van der Waals surface area contributed by atoms with Gasteiger partial charge >= 0.3 is 0 Å². The number of rotatable bonds is 3. The molecule has 1 saturated heterocycles. The molecule has 0 aromatic heterocycles. The van der Waals surface area contributed by atoms with Crippen LogP contribution in [0.4, 0.5) is 5.69 Å². The molecule has 2 aromatic rings. The summed E-state index contributed by atoms with van der Waals surface area (Å²) in [7, 11) is 0. The number of carbonyl (C=O) groups excluding carboxylic acids is 3. The summed E-state index contributed by atoms with van der Waals surface area (Å²) in [4.78, 5) is 39.8. The predicted octanol–water partition coefficient (Wildman–Crippen LogP) is 2.11. The summed E-state index contributed by atoms with van der Waals surface area (Å²) in [5, 5.41) is 11.8. The highest BCUT2D eigenvalue weighted by Gasteiger charge is 2.23. The van der Waals surface area contributed by atoms with Crippen LogP contribution in [-0.2, 0) is 4.79 Å². The van der Waals surface area contributed by atoms with Crippen molar-refractivity contribution >= 4 is 23.4 Å². The number of anilines is 1. The Morgan fingerprint density at radius 3 is 2.07 bits per heavy atom. The van der Waals surface area contributed by atoms with Gasteiger partial charge in [0, 0.05) is 44.2 Å². The molecule has 0 unspecified atom stereocenters. The molecule has 0 bridgehead atoms. The monoisotopic (exact) mass is 376 g/mol. The van der Waals surface area contributed by atoms with Crippen molar-refractivity contribution in [3.05, 3.63) is 65.2 Å². The topological polar surface area (TPSA) is 93.5 Å². The van der Waals surface area contributed by atoms with Crippen molar-refractivity contribution in [2.24, 2.45) is 0 Å².